The molecule has 2 nitrogen and oxygen atoms in total. The normalized spacial score (nSPS) is 10.0. The van der Waals surface area contributed by atoms with E-state index in [1.54, 1.807) is 0 Å². The maximum atomic E-state index is 5.68. The molecule has 0 spiro atoms. The molecule has 1 heterocycles. The fraction of sp³-hybridized carbons (Fsp3) is 0.154. The summed E-state index contributed by atoms with van der Waals surface area (Å²) in [6, 6.07) is 13.7. The molecule has 0 fully saturated rings. The Hall–Kier alpha value is -1.83. The third kappa shape index (κ3) is 2.34. The van der Waals surface area contributed by atoms with Gasteiger partial charge in [-0.15, -0.1) is 0 Å². The van der Waals surface area contributed by atoms with E-state index >= 15 is 0 Å². The average molecular weight is 199 g/mol. The van der Waals surface area contributed by atoms with E-state index in [1.807, 2.05) is 56.3 Å². The van der Waals surface area contributed by atoms with Crippen LogP contribution < -0.4 is 4.74 Å². The standard InChI is InChI=1S/C13H13NO/c1-10-6-3-4-8-12(10)15-13-9-5-7-11(2)14-13/h3-9H,1-2H3. The Kier molecular flexibility index (Phi) is 2.68. The van der Waals surface area contributed by atoms with Crippen LogP contribution in [0.15, 0.2) is 42.5 Å². The van der Waals surface area contributed by atoms with Crippen molar-refractivity contribution in [3.05, 3.63) is 53.7 Å². The Bertz CT molecular complexity index is 466. The van der Waals surface area contributed by atoms with Crippen molar-refractivity contribution in [2.75, 3.05) is 0 Å². The second kappa shape index (κ2) is 4.13. The van der Waals surface area contributed by atoms with Gasteiger partial charge < -0.3 is 4.74 Å². The third-order valence-corrected chi connectivity index (χ3v) is 2.17. The molecular weight excluding hydrogens is 186 g/mol. The van der Waals surface area contributed by atoms with Crippen LogP contribution in [0.25, 0.3) is 0 Å². The molecule has 0 saturated heterocycles. The number of aromatic nitrogens is 1. The van der Waals surface area contributed by atoms with Crippen molar-refractivity contribution < 1.29 is 4.74 Å². The first-order valence-electron chi connectivity index (χ1n) is 4.93. The Morgan fingerprint density at radius 2 is 1.73 bits per heavy atom. The summed E-state index contributed by atoms with van der Waals surface area (Å²) in [4.78, 5) is 4.29. The molecule has 0 bridgehead atoms. The van der Waals surface area contributed by atoms with Gasteiger partial charge in [-0.3, -0.25) is 0 Å². The maximum Gasteiger partial charge on any atom is 0.219 e. The maximum absolute atomic E-state index is 5.68. The molecule has 2 aromatic rings. The van der Waals surface area contributed by atoms with Crippen LogP contribution in [0, 0.1) is 13.8 Å². The SMILES string of the molecule is Cc1cccc(Oc2ccccc2C)n1. The zero-order valence-electron chi connectivity index (χ0n) is 8.90. The quantitative estimate of drug-likeness (QED) is 0.738. The van der Waals surface area contributed by atoms with Gasteiger partial charge in [0, 0.05) is 11.8 Å². The predicted molar refractivity (Wildman–Crippen MR) is 60.2 cm³/mol. The molecule has 0 radical (unpaired) electrons. The molecule has 0 aliphatic heterocycles. The molecule has 15 heavy (non-hydrogen) atoms. The fourth-order valence-electron chi connectivity index (χ4n) is 1.36. The second-order valence-corrected chi connectivity index (χ2v) is 3.48. The molecule has 0 unspecified atom stereocenters. The zero-order chi connectivity index (χ0) is 10.7. The highest BCUT2D eigenvalue weighted by Crippen LogP contribution is 2.22. The number of ether oxygens (including phenoxy) is 1. The Balaban J connectivity index is 2.26. The lowest BCUT2D eigenvalue weighted by Gasteiger charge is -2.07. The molecule has 1 aromatic heterocycles. The van der Waals surface area contributed by atoms with Crippen LogP contribution in [0.3, 0.4) is 0 Å². The van der Waals surface area contributed by atoms with Gasteiger partial charge in [0.1, 0.15) is 5.75 Å². The van der Waals surface area contributed by atoms with Gasteiger partial charge in [0.25, 0.3) is 0 Å². The topological polar surface area (TPSA) is 22.1 Å². The summed E-state index contributed by atoms with van der Waals surface area (Å²) in [5, 5.41) is 0. The van der Waals surface area contributed by atoms with Gasteiger partial charge in [0.05, 0.1) is 0 Å². The predicted octanol–water partition coefficient (Wildman–Crippen LogP) is 3.49. The van der Waals surface area contributed by atoms with E-state index in [2.05, 4.69) is 4.98 Å². The molecule has 2 heteroatoms. The first-order chi connectivity index (χ1) is 7.25. The molecule has 0 aliphatic rings. The van der Waals surface area contributed by atoms with E-state index < -0.39 is 0 Å². The minimum Gasteiger partial charge on any atom is -0.439 e. The van der Waals surface area contributed by atoms with E-state index in [4.69, 9.17) is 4.74 Å². The summed E-state index contributed by atoms with van der Waals surface area (Å²) >= 11 is 0. The van der Waals surface area contributed by atoms with E-state index in [1.165, 1.54) is 0 Å². The van der Waals surface area contributed by atoms with E-state index in [0.29, 0.717) is 5.88 Å². The van der Waals surface area contributed by atoms with Gasteiger partial charge in [-0.05, 0) is 31.5 Å². The van der Waals surface area contributed by atoms with Crippen LogP contribution in [0.1, 0.15) is 11.3 Å². The number of hydrogen-bond donors (Lipinski definition) is 0. The smallest absolute Gasteiger partial charge is 0.219 e. The number of hydrogen-bond acceptors (Lipinski definition) is 2. The Morgan fingerprint density at radius 1 is 0.933 bits per heavy atom. The van der Waals surface area contributed by atoms with Crippen molar-refractivity contribution in [3.63, 3.8) is 0 Å². The second-order valence-electron chi connectivity index (χ2n) is 3.48. The summed E-state index contributed by atoms with van der Waals surface area (Å²) in [6.45, 7) is 3.97. The number of para-hydroxylation sites is 1. The van der Waals surface area contributed by atoms with Crippen molar-refractivity contribution in [2.45, 2.75) is 13.8 Å². The van der Waals surface area contributed by atoms with Crippen molar-refractivity contribution in [1.29, 1.82) is 0 Å². The molecule has 0 atom stereocenters. The number of benzene rings is 1. The summed E-state index contributed by atoms with van der Waals surface area (Å²) in [5.74, 6) is 1.50. The van der Waals surface area contributed by atoms with E-state index in [-0.39, 0.29) is 0 Å². The first kappa shape index (κ1) is 9.71. The summed E-state index contributed by atoms with van der Waals surface area (Å²) in [6.07, 6.45) is 0. The summed E-state index contributed by atoms with van der Waals surface area (Å²) < 4.78 is 5.68. The average Bonchev–Trinajstić information content (AvgIpc) is 2.22. The van der Waals surface area contributed by atoms with Gasteiger partial charge in [0.2, 0.25) is 5.88 Å². The lowest BCUT2D eigenvalue weighted by atomic mass is 10.2. The highest BCUT2D eigenvalue weighted by molar-refractivity contribution is 5.34. The minimum atomic E-state index is 0.643. The van der Waals surface area contributed by atoms with Gasteiger partial charge >= 0.3 is 0 Å². The lowest BCUT2D eigenvalue weighted by Crippen LogP contribution is -1.90. The molecule has 0 N–H and O–H groups in total. The monoisotopic (exact) mass is 199 g/mol. The van der Waals surface area contributed by atoms with E-state index in [9.17, 15) is 0 Å². The van der Waals surface area contributed by atoms with Crippen molar-refractivity contribution >= 4 is 0 Å². The highest BCUT2D eigenvalue weighted by atomic mass is 16.5. The van der Waals surface area contributed by atoms with Gasteiger partial charge in [-0.1, -0.05) is 24.3 Å². The minimum absolute atomic E-state index is 0.643. The van der Waals surface area contributed by atoms with Crippen LogP contribution in [0.2, 0.25) is 0 Å². The molecule has 76 valence electrons. The van der Waals surface area contributed by atoms with Crippen LogP contribution in [0.4, 0.5) is 0 Å². The molecule has 0 saturated carbocycles. The number of nitrogens with zero attached hydrogens (tertiary/aromatic N) is 1. The van der Waals surface area contributed by atoms with Crippen molar-refractivity contribution in [1.82, 2.24) is 4.98 Å². The van der Waals surface area contributed by atoms with Crippen LogP contribution in [0.5, 0.6) is 11.6 Å². The Labute approximate surface area is 89.6 Å². The molecule has 0 amide bonds. The van der Waals surface area contributed by atoms with Gasteiger partial charge in [0.15, 0.2) is 0 Å². The zero-order valence-corrected chi connectivity index (χ0v) is 8.90. The molecule has 1 aromatic carbocycles. The highest BCUT2D eigenvalue weighted by Gasteiger charge is 2.00. The van der Waals surface area contributed by atoms with Crippen molar-refractivity contribution in [3.8, 4) is 11.6 Å². The van der Waals surface area contributed by atoms with Gasteiger partial charge in [-0.2, -0.15) is 0 Å². The summed E-state index contributed by atoms with van der Waals surface area (Å²) in [7, 11) is 0. The molecule has 2 rings (SSSR count). The lowest BCUT2D eigenvalue weighted by molar-refractivity contribution is 0.458. The number of rotatable bonds is 2. The molecular formula is C13H13NO. The number of aryl methyl sites for hydroxylation is 2. The number of pyridine rings is 1. The third-order valence-electron chi connectivity index (χ3n) is 2.17. The molecule has 0 aliphatic carbocycles. The Morgan fingerprint density at radius 3 is 2.47 bits per heavy atom. The van der Waals surface area contributed by atoms with E-state index in [0.717, 1.165) is 17.0 Å². The largest absolute Gasteiger partial charge is 0.439 e. The van der Waals surface area contributed by atoms with Crippen LogP contribution >= 0.6 is 0 Å². The van der Waals surface area contributed by atoms with Gasteiger partial charge in [-0.25, -0.2) is 4.98 Å². The van der Waals surface area contributed by atoms with Crippen molar-refractivity contribution in [2.24, 2.45) is 0 Å². The summed E-state index contributed by atoms with van der Waals surface area (Å²) in [5.41, 5.74) is 2.07. The van der Waals surface area contributed by atoms with Crippen LogP contribution in [-0.2, 0) is 0 Å². The van der Waals surface area contributed by atoms with Crippen LogP contribution in [-0.4, -0.2) is 4.98 Å². The fourth-order valence-corrected chi connectivity index (χ4v) is 1.36. The first-order valence-corrected chi connectivity index (χ1v) is 4.93.